The van der Waals surface area contributed by atoms with E-state index < -0.39 is 10.0 Å². The van der Waals surface area contributed by atoms with Crippen LogP contribution in [0.1, 0.15) is 12.8 Å². The van der Waals surface area contributed by atoms with Gasteiger partial charge in [-0.05, 0) is 50.2 Å². The molecule has 5 rings (SSSR count). The number of para-hydroxylation sites is 1. The van der Waals surface area contributed by atoms with Crippen LogP contribution in [-0.2, 0) is 10.0 Å². The number of nitrogens with one attached hydrogen (secondary N) is 1. The van der Waals surface area contributed by atoms with Crippen molar-refractivity contribution < 1.29 is 17.9 Å². The molecule has 1 aliphatic rings. The van der Waals surface area contributed by atoms with E-state index in [9.17, 15) is 8.42 Å². The fourth-order valence-electron chi connectivity index (χ4n) is 4.57. The number of hydrogen-bond acceptors (Lipinski definition) is 8. The summed E-state index contributed by atoms with van der Waals surface area (Å²) in [5, 5.41) is 7.95. The lowest BCUT2D eigenvalue weighted by Crippen LogP contribution is -2.35. The number of aromatic nitrogens is 3. The zero-order valence-corrected chi connectivity index (χ0v) is 22.8. The summed E-state index contributed by atoms with van der Waals surface area (Å²) in [5.41, 5.74) is 3.51. The quantitative estimate of drug-likeness (QED) is 0.360. The summed E-state index contributed by atoms with van der Waals surface area (Å²) in [6.45, 7) is 2.05. The highest BCUT2D eigenvalue weighted by Gasteiger charge is 2.20. The Hall–Kier alpha value is -3.83. The summed E-state index contributed by atoms with van der Waals surface area (Å²) in [6, 6.07) is 16.8. The molecule has 0 atom stereocenters. The van der Waals surface area contributed by atoms with Crippen LogP contribution in [0, 0.1) is 0 Å². The fraction of sp³-hybridized carbons (Fsp3) is 0.333. The second-order valence-electron chi connectivity index (χ2n) is 9.49. The van der Waals surface area contributed by atoms with Gasteiger partial charge in [-0.2, -0.15) is 0 Å². The van der Waals surface area contributed by atoms with Gasteiger partial charge < -0.3 is 19.7 Å². The molecule has 1 N–H and O–H groups in total. The van der Waals surface area contributed by atoms with Crippen LogP contribution in [0.3, 0.4) is 0 Å². The third-order valence-electron chi connectivity index (χ3n) is 6.80. The van der Waals surface area contributed by atoms with Crippen LogP contribution >= 0.6 is 0 Å². The minimum absolute atomic E-state index is 0.192. The number of ether oxygens (including phenoxy) is 2. The van der Waals surface area contributed by atoms with Crippen LogP contribution in [-0.4, -0.2) is 74.6 Å². The first-order valence-electron chi connectivity index (χ1n) is 12.4. The lowest BCUT2D eigenvalue weighted by atomic mass is 10.1. The zero-order valence-electron chi connectivity index (χ0n) is 22.0. The predicted molar refractivity (Wildman–Crippen MR) is 149 cm³/mol. The van der Waals surface area contributed by atoms with Crippen molar-refractivity contribution in [2.24, 2.45) is 0 Å². The van der Waals surface area contributed by atoms with Crippen LogP contribution in [0.15, 0.2) is 60.8 Å². The van der Waals surface area contributed by atoms with E-state index in [1.165, 1.54) is 17.6 Å². The average Bonchev–Trinajstić information content (AvgIpc) is 3.33. The molecule has 0 amide bonds. The van der Waals surface area contributed by atoms with E-state index in [-0.39, 0.29) is 6.10 Å². The number of rotatable bonds is 8. The van der Waals surface area contributed by atoms with Gasteiger partial charge in [-0.3, -0.25) is 4.31 Å². The van der Waals surface area contributed by atoms with Gasteiger partial charge in [0.15, 0.2) is 0 Å². The Bertz CT molecular complexity index is 1550. The summed E-state index contributed by atoms with van der Waals surface area (Å²) in [4.78, 5) is 6.77. The Balaban J connectivity index is 1.42. The maximum absolute atomic E-state index is 12.2. The van der Waals surface area contributed by atoms with E-state index in [0.29, 0.717) is 23.1 Å². The van der Waals surface area contributed by atoms with Gasteiger partial charge in [-0.1, -0.05) is 18.2 Å². The van der Waals surface area contributed by atoms with E-state index in [0.717, 1.165) is 48.5 Å². The van der Waals surface area contributed by atoms with Gasteiger partial charge >= 0.3 is 0 Å². The molecule has 0 unspecified atom stereocenters. The number of likely N-dealkylation sites (tertiary alicyclic amines) is 1. The Kier molecular flexibility index (Phi) is 7.13. The molecule has 0 aliphatic carbocycles. The third kappa shape index (κ3) is 5.39. The minimum atomic E-state index is -3.44. The first-order chi connectivity index (χ1) is 18.2. The molecule has 0 bridgehead atoms. The third-order valence-corrected chi connectivity index (χ3v) is 7.99. The Morgan fingerprint density at radius 1 is 1.08 bits per heavy atom. The first-order valence-corrected chi connectivity index (χ1v) is 14.3. The molecular weight excluding hydrogens is 504 g/mol. The van der Waals surface area contributed by atoms with E-state index in [1.807, 2.05) is 48.5 Å². The molecular formula is C27H32N6O4S. The van der Waals surface area contributed by atoms with Crippen LogP contribution < -0.4 is 19.1 Å². The van der Waals surface area contributed by atoms with Crippen molar-refractivity contribution in [2.45, 2.75) is 18.9 Å². The molecule has 0 radical (unpaired) electrons. The summed E-state index contributed by atoms with van der Waals surface area (Å²) in [6.07, 6.45) is 5.08. The van der Waals surface area contributed by atoms with Gasteiger partial charge in [-0.25, -0.2) is 17.9 Å². The first kappa shape index (κ1) is 25.8. The smallest absolute Gasteiger partial charge is 0.245 e. The standard InChI is InChI=1S/C27H32N6O4S/c1-31-15-13-20(14-16-31)37-21-10-11-23(26(17-21)36-3)29-27-28-18-19-9-12-25(33(19)30-27)22-7-5-6-8-24(22)32(2)38(4,34)35/h5-12,17-18,20H,13-16H2,1-4H3,(H,29,30). The van der Waals surface area contributed by atoms with E-state index in [4.69, 9.17) is 14.6 Å². The SMILES string of the molecule is COc1cc(OC2CCN(C)CC2)ccc1Nc1ncc2ccc(-c3ccccc3N(C)S(C)(=O)=O)n2n1. The number of sulfonamides is 1. The van der Waals surface area contributed by atoms with Crippen LogP contribution in [0.2, 0.25) is 0 Å². The van der Waals surface area contributed by atoms with E-state index >= 15 is 0 Å². The van der Waals surface area contributed by atoms with Crippen molar-refractivity contribution in [3.63, 3.8) is 0 Å². The lowest BCUT2D eigenvalue weighted by Gasteiger charge is -2.29. The molecule has 38 heavy (non-hydrogen) atoms. The van der Waals surface area contributed by atoms with Crippen molar-refractivity contribution in [3.05, 3.63) is 60.8 Å². The largest absolute Gasteiger partial charge is 0.494 e. The summed E-state index contributed by atoms with van der Waals surface area (Å²) in [5.74, 6) is 1.75. The number of anilines is 3. The Morgan fingerprint density at radius 2 is 1.84 bits per heavy atom. The van der Waals surface area contributed by atoms with E-state index in [2.05, 4.69) is 22.2 Å². The monoisotopic (exact) mass is 536 g/mol. The number of benzene rings is 2. The summed E-state index contributed by atoms with van der Waals surface area (Å²) in [7, 11) is 1.84. The van der Waals surface area contributed by atoms with Crippen LogP contribution in [0.4, 0.5) is 17.3 Å². The van der Waals surface area contributed by atoms with Crippen LogP contribution in [0.25, 0.3) is 16.8 Å². The molecule has 1 fully saturated rings. The Labute approximate surface area is 222 Å². The maximum atomic E-state index is 12.2. The summed E-state index contributed by atoms with van der Waals surface area (Å²) < 4.78 is 39.3. The molecule has 0 spiro atoms. The van der Waals surface area contributed by atoms with Gasteiger partial charge in [-0.15, -0.1) is 5.10 Å². The number of methoxy groups -OCH3 is 1. The molecule has 1 aliphatic heterocycles. The fourth-order valence-corrected chi connectivity index (χ4v) is 5.09. The van der Waals surface area contributed by atoms with Gasteiger partial charge in [0, 0.05) is 31.8 Å². The topological polar surface area (TPSA) is 101 Å². The van der Waals surface area contributed by atoms with Crippen molar-refractivity contribution in [1.29, 1.82) is 0 Å². The number of nitrogens with zero attached hydrogens (tertiary/aromatic N) is 5. The predicted octanol–water partition coefficient (Wildman–Crippen LogP) is 4.02. The minimum Gasteiger partial charge on any atom is -0.494 e. The molecule has 3 heterocycles. The van der Waals surface area contributed by atoms with Crippen molar-refractivity contribution in [3.8, 4) is 22.8 Å². The molecule has 10 nitrogen and oxygen atoms in total. The van der Waals surface area contributed by atoms with Gasteiger partial charge in [0.2, 0.25) is 16.0 Å². The highest BCUT2D eigenvalue weighted by atomic mass is 32.2. The van der Waals surface area contributed by atoms with Gasteiger partial charge in [0.25, 0.3) is 0 Å². The maximum Gasteiger partial charge on any atom is 0.245 e. The van der Waals surface area contributed by atoms with Crippen LogP contribution in [0.5, 0.6) is 11.5 Å². The van der Waals surface area contributed by atoms with E-state index in [1.54, 1.807) is 23.9 Å². The van der Waals surface area contributed by atoms with Crippen molar-refractivity contribution in [1.82, 2.24) is 19.5 Å². The highest BCUT2D eigenvalue weighted by molar-refractivity contribution is 7.92. The number of hydrogen-bond donors (Lipinski definition) is 1. The highest BCUT2D eigenvalue weighted by Crippen LogP contribution is 2.34. The molecule has 0 saturated carbocycles. The molecule has 200 valence electrons. The number of fused-ring (bicyclic) bond motifs is 1. The average molecular weight is 537 g/mol. The lowest BCUT2D eigenvalue weighted by molar-refractivity contribution is 0.114. The second-order valence-corrected chi connectivity index (χ2v) is 11.5. The molecule has 4 aromatic rings. The normalized spacial score (nSPS) is 14.9. The van der Waals surface area contributed by atoms with Crippen molar-refractivity contribution >= 4 is 32.9 Å². The summed E-state index contributed by atoms with van der Waals surface area (Å²) >= 11 is 0. The Morgan fingerprint density at radius 3 is 2.58 bits per heavy atom. The molecule has 11 heteroatoms. The molecule has 2 aromatic carbocycles. The second kappa shape index (κ2) is 10.5. The molecule has 1 saturated heterocycles. The van der Waals surface area contributed by atoms with Crippen molar-refractivity contribution in [2.75, 3.05) is 50.2 Å². The van der Waals surface area contributed by atoms with Gasteiger partial charge in [0.1, 0.15) is 17.6 Å². The zero-order chi connectivity index (χ0) is 26.9. The van der Waals surface area contributed by atoms with Gasteiger partial charge in [0.05, 0.1) is 42.1 Å². The number of piperidine rings is 1. The molecule has 2 aromatic heterocycles.